The quantitative estimate of drug-likeness (QED) is 0.803. The average Bonchev–Trinajstić information content (AvgIpc) is 2.61. The molecule has 0 aliphatic carbocycles. The minimum absolute atomic E-state index is 0.111. The molecule has 0 saturated carbocycles. The van der Waals surface area contributed by atoms with Crippen molar-refractivity contribution in [3.05, 3.63) is 84.3 Å². The molecule has 0 saturated heterocycles. The van der Waals surface area contributed by atoms with Crippen molar-refractivity contribution in [2.24, 2.45) is 0 Å². The normalized spacial score (nSPS) is 10.2. The summed E-state index contributed by atoms with van der Waals surface area (Å²) < 4.78 is 0. The molecule has 0 unspecified atom stereocenters. The van der Waals surface area contributed by atoms with Crippen LogP contribution in [0.25, 0.3) is 11.3 Å². The maximum atomic E-state index is 12.0. The van der Waals surface area contributed by atoms with Gasteiger partial charge >= 0.3 is 0 Å². The van der Waals surface area contributed by atoms with E-state index < -0.39 is 0 Å². The summed E-state index contributed by atoms with van der Waals surface area (Å²) in [5, 5.41) is 2.86. The molecule has 0 spiro atoms. The third-order valence-corrected chi connectivity index (χ3v) is 3.26. The first-order valence-corrected chi connectivity index (χ1v) is 7.02. The first-order chi connectivity index (χ1) is 10.8. The number of carbonyl (C=O) groups is 1. The summed E-state index contributed by atoms with van der Waals surface area (Å²) in [6, 6.07) is 20.9. The molecule has 4 heteroatoms. The molecule has 1 N–H and O–H groups in total. The van der Waals surface area contributed by atoms with E-state index in [0.717, 1.165) is 17.0 Å². The Morgan fingerprint density at radius 2 is 1.59 bits per heavy atom. The van der Waals surface area contributed by atoms with Gasteiger partial charge in [0.1, 0.15) is 6.33 Å². The largest absolute Gasteiger partial charge is 0.346 e. The maximum absolute atomic E-state index is 12.0. The topological polar surface area (TPSA) is 54.9 Å². The van der Waals surface area contributed by atoms with Crippen LogP contribution in [0.2, 0.25) is 0 Å². The molecule has 1 heterocycles. The highest BCUT2D eigenvalue weighted by molar-refractivity contribution is 5.94. The molecule has 22 heavy (non-hydrogen) atoms. The SMILES string of the molecule is O=C(NCc1cc(-c2ccccc2)ncn1)c1ccccc1. The first-order valence-electron chi connectivity index (χ1n) is 7.02. The lowest BCUT2D eigenvalue weighted by atomic mass is 10.1. The van der Waals surface area contributed by atoms with Crippen LogP contribution in [0.1, 0.15) is 16.1 Å². The number of carbonyl (C=O) groups excluding carboxylic acids is 1. The summed E-state index contributed by atoms with van der Waals surface area (Å²) in [7, 11) is 0. The van der Waals surface area contributed by atoms with E-state index in [1.807, 2.05) is 54.6 Å². The number of hydrogen-bond acceptors (Lipinski definition) is 3. The van der Waals surface area contributed by atoms with Crippen molar-refractivity contribution < 1.29 is 4.79 Å². The van der Waals surface area contributed by atoms with E-state index in [4.69, 9.17) is 0 Å². The lowest BCUT2D eigenvalue weighted by Gasteiger charge is -2.06. The van der Waals surface area contributed by atoms with Crippen LogP contribution in [0, 0.1) is 0 Å². The Hall–Kier alpha value is -3.01. The van der Waals surface area contributed by atoms with Crippen LogP contribution in [0.3, 0.4) is 0 Å². The second kappa shape index (κ2) is 6.63. The average molecular weight is 289 g/mol. The van der Waals surface area contributed by atoms with Crippen LogP contribution >= 0.6 is 0 Å². The number of aromatic nitrogens is 2. The number of benzene rings is 2. The molecule has 0 bridgehead atoms. The molecule has 4 nitrogen and oxygen atoms in total. The smallest absolute Gasteiger partial charge is 0.251 e. The summed E-state index contributed by atoms with van der Waals surface area (Å²) in [6.07, 6.45) is 1.52. The van der Waals surface area contributed by atoms with Gasteiger partial charge in [-0.15, -0.1) is 0 Å². The summed E-state index contributed by atoms with van der Waals surface area (Å²) >= 11 is 0. The van der Waals surface area contributed by atoms with Gasteiger partial charge in [0.2, 0.25) is 0 Å². The van der Waals surface area contributed by atoms with Gasteiger partial charge in [0.15, 0.2) is 0 Å². The highest BCUT2D eigenvalue weighted by Gasteiger charge is 2.06. The molecular formula is C18H15N3O. The van der Waals surface area contributed by atoms with Gasteiger partial charge in [-0.05, 0) is 18.2 Å². The van der Waals surface area contributed by atoms with Crippen molar-refractivity contribution in [2.75, 3.05) is 0 Å². The minimum atomic E-state index is -0.111. The summed E-state index contributed by atoms with van der Waals surface area (Å²) in [4.78, 5) is 20.5. The molecule has 0 radical (unpaired) electrons. The Bertz CT molecular complexity index is 758. The highest BCUT2D eigenvalue weighted by atomic mass is 16.1. The summed E-state index contributed by atoms with van der Waals surface area (Å²) in [5.41, 5.74) is 3.29. The van der Waals surface area contributed by atoms with Gasteiger partial charge < -0.3 is 5.32 Å². The van der Waals surface area contributed by atoms with Gasteiger partial charge in [-0.1, -0.05) is 48.5 Å². The van der Waals surface area contributed by atoms with Gasteiger partial charge in [0, 0.05) is 11.1 Å². The Kier molecular flexibility index (Phi) is 4.20. The summed E-state index contributed by atoms with van der Waals surface area (Å²) in [6.45, 7) is 0.371. The second-order valence-corrected chi connectivity index (χ2v) is 4.81. The zero-order valence-electron chi connectivity index (χ0n) is 11.9. The number of hydrogen-bond donors (Lipinski definition) is 1. The van der Waals surface area contributed by atoms with E-state index >= 15 is 0 Å². The molecule has 0 atom stereocenters. The van der Waals surface area contributed by atoms with Gasteiger partial charge in [-0.25, -0.2) is 9.97 Å². The number of nitrogens with zero attached hydrogens (tertiary/aromatic N) is 2. The van der Waals surface area contributed by atoms with Crippen molar-refractivity contribution in [3.8, 4) is 11.3 Å². The first kappa shape index (κ1) is 13.9. The fourth-order valence-electron chi connectivity index (χ4n) is 2.12. The molecule has 1 aromatic heterocycles. The van der Waals surface area contributed by atoms with Gasteiger partial charge in [0.25, 0.3) is 5.91 Å². The highest BCUT2D eigenvalue weighted by Crippen LogP contribution is 2.16. The number of rotatable bonds is 4. The van der Waals surface area contributed by atoms with Gasteiger partial charge in [-0.3, -0.25) is 4.79 Å². The Morgan fingerprint density at radius 3 is 2.32 bits per heavy atom. The predicted octanol–water partition coefficient (Wildman–Crippen LogP) is 3.07. The number of nitrogens with one attached hydrogen (secondary N) is 1. The van der Waals surface area contributed by atoms with Gasteiger partial charge in [-0.2, -0.15) is 0 Å². The molecule has 0 fully saturated rings. The van der Waals surface area contributed by atoms with Crippen LogP contribution in [0.15, 0.2) is 73.1 Å². The second-order valence-electron chi connectivity index (χ2n) is 4.81. The molecule has 0 aliphatic heterocycles. The van der Waals surface area contributed by atoms with E-state index in [1.165, 1.54) is 6.33 Å². The van der Waals surface area contributed by atoms with E-state index in [0.29, 0.717) is 12.1 Å². The van der Waals surface area contributed by atoms with Crippen LogP contribution < -0.4 is 5.32 Å². The number of amides is 1. The van der Waals surface area contributed by atoms with E-state index in [9.17, 15) is 4.79 Å². The van der Waals surface area contributed by atoms with Crippen molar-refractivity contribution in [1.29, 1.82) is 0 Å². The predicted molar refractivity (Wildman–Crippen MR) is 85.1 cm³/mol. The molecule has 108 valence electrons. The fourth-order valence-corrected chi connectivity index (χ4v) is 2.12. The fraction of sp³-hybridized carbons (Fsp3) is 0.0556. The molecule has 2 aromatic carbocycles. The van der Waals surface area contributed by atoms with Crippen LogP contribution in [0.5, 0.6) is 0 Å². The van der Waals surface area contributed by atoms with Crippen molar-refractivity contribution >= 4 is 5.91 Å². The third kappa shape index (κ3) is 3.35. The Labute approximate surface area is 128 Å². The van der Waals surface area contributed by atoms with Crippen LogP contribution in [0.4, 0.5) is 0 Å². The van der Waals surface area contributed by atoms with E-state index in [2.05, 4.69) is 15.3 Å². The molecule has 0 aliphatic rings. The zero-order chi connectivity index (χ0) is 15.2. The molecule has 1 amide bonds. The summed E-state index contributed by atoms with van der Waals surface area (Å²) in [5.74, 6) is -0.111. The van der Waals surface area contributed by atoms with Crippen molar-refractivity contribution in [2.45, 2.75) is 6.54 Å². The van der Waals surface area contributed by atoms with Crippen molar-refractivity contribution in [3.63, 3.8) is 0 Å². The van der Waals surface area contributed by atoms with Crippen LogP contribution in [-0.4, -0.2) is 15.9 Å². The monoisotopic (exact) mass is 289 g/mol. The molecule has 3 rings (SSSR count). The lowest BCUT2D eigenvalue weighted by Crippen LogP contribution is -2.23. The molecular weight excluding hydrogens is 274 g/mol. The Balaban J connectivity index is 1.70. The minimum Gasteiger partial charge on any atom is -0.346 e. The standard InChI is InChI=1S/C18H15N3O/c22-18(15-9-5-2-6-10-15)19-12-16-11-17(21-13-20-16)14-7-3-1-4-8-14/h1-11,13H,12H2,(H,19,22). The lowest BCUT2D eigenvalue weighted by molar-refractivity contribution is 0.0950. The van der Waals surface area contributed by atoms with E-state index in [-0.39, 0.29) is 5.91 Å². The third-order valence-electron chi connectivity index (χ3n) is 3.26. The van der Waals surface area contributed by atoms with Crippen molar-refractivity contribution in [1.82, 2.24) is 15.3 Å². The molecule has 3 aromatic rings. The van der Waals surface area contributed by atoms with E-state index in [1.54, 1.807) is 12.1 Å². The van der Waals surface area contributed by atoms with Crippen LogP contribution in [-0.2, 0) is 6.54 Å². The maximum Gasteiger partial charge on any atom is 0.251 e. The Morgan fingerprint density at radius 1 is 0.909 bits per heavy atom. The zero-order valence-corrected chi connectivity index (χ0v) is 11.9. The van der Waals surface area contributed by atoms with Gasteiger partial charge in [0.05, 0.1) is 17.9 Å².